The molecule has 124 valence electrons. The van der Waals surface area contributed by atoms with Crippen molar-refractivity contribution < 1.29 is 18.7 Å². The van der Waals surface area contributed by atoms with Crippen LogP contribution in [-0.2, 0) is 9.53 Å². The Balaban J connectivity index is 1.96. The summed E-state index contributed by atoms with van der Waals surface area (Å²) >= 11 is 0. The van der Waals surface area contributed by atoms with Gasteiger partial charge in [-0.15, -0.1) is 0 Å². The largest absolute Gasteiger partial charge is 0.479 e. The molecule has 1 heterocycles. The fraction of sp³-hybridized carbons (Fsp3) is 0.263. The van der Waals surface area contributed by atoms with E-state index in [0.717, 1.165) is 10.8 Å². The highest BCUT2D eigenvalue weighted by Crippen LogP contribution is 2.26. The number of esters is 1. The number of hydrogen-bond acceptors (Lipinski definition) is 5. The van der Waals surface area contributed by atoms with Crippen LogP contribution in [0.25, 0.3) is 21.7 Å². The second-order valence-electron chi connectivity index (χ2n) is 5.84. The molecule has 0 aliphatic carbocycles. The molecule has 0 aliphatic rings. The summed E-state index contributed by atoms with van der Waals surface area (Å²) in [5.41, 5.74) is 0.0168. The summed E-state index contributed by atoms with van der Waals surface area (Å²) in [5, 5.41) is 2.17. The van der Waals surface area contributed by atoms with E-state index in [2.05, 4.69) is 0 Å². The number of rotatable bonds is 4. The van der Waals surface area contributed by atoms with E-state index in [1.807, 2.05) is 18.2 Å². The molecule has 24 heavy (non-hydrogen) atoms. The quantitative estimate of drug-likeness (QED) is 0.416. The molecular formula is C19H18O5. The van der Waals surface area contributed by atoms with Crippen LogP contribution in [0.3, 0.4) is 0 Å². The standard InChI is InChI=1S/C19H18O5/c1-11(2)22-18(20)12(3)23-13-8-9-15-14-6-4-5-7-16(14)19(21)24-17(15)10-13/h4-12H,1-3H3. The first-order valence-corrected chi connectivity index (χ1v) is 7.78. The highest BCUT2D eigenvalue weighted by atomic mass is 16.6. The minimum absolute atomic E-state index is 0.204. The SMILES string of the molecule is CC(C)OC(=O)C(C)Oc1ccc2c(c1)oc(=O)c1ccccc12. The first-order chi connectivity index (χ1) is 11.5. The summed E-state index contributed by atoms with van der Waals surface area (Å²) in [7, 11) is 0. The van der Waals surface area contributed by atoms with E-state index in [9.17, 15) is 9.59 Å². The minimum Gasteiger partial charge on any atom is -0.479 e. The Morgan fingerprint density at radius 2 is 1.71 bits per heavy atom. The minimum atomic E-state index is -0.753. The molecular weight excluding hydrogens is 308 g/mol. The average molecular weight is 326 g/mol. The van der Waals surface area contributed by atoms with Crippen molar-refractivity contribution in [2.24, 2.45) is 0 Å². The van der Waals surface area contributed by atoms with Gasteiger partial charge in [-0.3, -0.25) is 0 Å². The van der Waals surface area contributed by atoms with Crippen LogP contribution in [0.2, 0.25) is 0 Å². The Morgan fingerprint density at radius 1 is 1.00 bits per heavy atom. The Morgan fingerprint density at radius 3 is 2.42 bits per heavy atom. The summed E-state index contributed by atoms with van der Waals surface area (Å²) in [6.45, 7) is 5.17. The van der Waals surface area contributed by atoms with E-state index in [0.29, 0.717) is 16.7 Å². The Bertz CT molecular complexity index is 955. The predicted molar refractivity (Wildman–Crippen MR) is 91.3 cm³/mol. The van der Waals surface area contributed by atoms with Crippen LogP contribution in [0, 0.1) is 0 Å². The van der Waals surface area contributed by atoms with Gasteiger partial charge in [-0.2, -0.15) is 0 Å². The van der Waals surface area contributed by atoms with Crippen LogP contribution in [0.5, 0.6) is 5.75 Å². The third-order valence-electron chi connectivity index (χ3n) is 3.59. The molecule has 5 heteroatoms. The van der Waals surface area contributed by atoms with Gasteiger partial charge in [-0.05, 0) is 44.4 Å². The van der Waals surface area contributed by atoms with Gasteiger partial charge in [-0.25, -0.2) is 9.59 Å². The maximum Gasteiger partial charge on any atom is 0.347 e. The highest BCUT2D eigenvalue weighted by molar-refractivity contribution is 6.04. The van der Waals surface area contributed by atoms with E-state index in [4.69, 9.17) is 13.9 Å². The van der Waals surface area contributed by atoms with Crippen molar-refractivity contribution in [1.29, 1.82) is 0 Å². The van der Waals surface area contributed by atoms with E-state index in [1.54, 1.807) is 45.0 Å². The normalized spacial score (nSPS) is 12.5. The monoisotopic (exact) mass is 326 g/mol. The average Bonchev–Trinajstić information content (AvgIpc) is 2.54. The first kappa shape index (κ1) is 16.1. The van der Waals surface area contributed by atoms with E-state index in [-0.39, 0.29) is 6.10 Å². The Hall–Kier alpha value is -2.82. The lowest BCUT2D eigenvalue weighted by atomic mass is 10.1. The zero-order chi connectivity index (χ0) is 17.3. The van der Waals surface area contributed by atoms with Crippen molar-refractivity contribution in [2.45, 2.75) is 33.0 Å². The lowest BCUT2D eigenvalue weighted by molar-refractivity contribution is -0.154. The van der Waals surface area contributed by atoms with Gasteiger partial charge in [0, 0.05) is 11.5 Å². The fourth-order valence-corrected chi connectivity index (χ4v) is 2.51. The van der Waals surface area contributed by atoms with Gasteiger partial charge in [0.1, 0.15) is 11.3 Å². The van der Waals surface area contributed by atoms with Crippen LogP contribution in [-0.4, -0.2) is 18.2 Å². The van der Waals surface area contributed by atoms with Gasteiger partial charge in [0.2, 0.25) is 0 Å². The highest BCUT2D eigenvalue weighted by Gasteiger charge is 2.18. The van der Waals surface area contributed by atoms with Crippen LogP contribution in [0.4, 0.5) is 0 Å². The molecule has 0 saturated carbocycles. The molecule has 0 aliphatic heterocycles. The lowest BCUT2D eigenvalue weighted by Gasteiger charge is -2.16. The van der Waals surface area contributed by atoms with Gasteiger partial charge >= 0.3 is 11.6 Å². The summed E-state index contributed by atoms with van der Waals surface area (Å²) in [6.07, 6.45) is -0.957. The molecule has 0 fully saturated rings. The Kier molecular flexibility index (Phi) is 4.25. The molecule has 0 saturated heterocycles. The number of carbonyl (C=O) groups excluding carboxylic acids is 1. The summed E-state index contributed by atoms with van der Waals surface area (Å²) in [4.78, 5) is 23.9. The maximum atomic E-state index is 12.1. The van der Waals surface area contributed by atoms with Gasteiger partial charge in [0.15, 0.2) is 6.10 Å². The molecule has 3 aromatic rings. The smallest absolute Gasteiger partial charge is 0.347 e. The molecule has 0 amide bonds. The number of benzene rings is 2. The molecule has 0 spiro atoms. The molecule has 3 rings (SSSR count). The third kappa shape index (κ3) is 3.11. The number of fused-ring (bicyclic) bond motifs is 3. The van der Waals surface area contributed by atoms with Gasteiger partial charge in [0.25, 0.3) is 0 Å². The van der Waals surface area contributed by atoms with Crippen LogP contribution >= 0.6 is 0 Å². The number of carbonyl (C=O) groups is 1. The van der Waals surface area contributed by atoms with Crippen LogP contribution < -0.4 is 10.4 Å². The van der Waals surface area contributed by atoms with Gasteiger partial charge in [-0.1, -0.05) is 18.2 Å². The summed E-state index contributed by atoms with van der Waals surface area (Å²) in [6, 6.07) is 12.4. The number of hydrogen-bond donors (Lipinski definition) is 0. The zero-order valence-electron chi connectivity index (χ0n) is 13.7. The van der Waals surface area contributed by atoms with Crippen molar-refractivity contribution in [3.8, 4) is 5.75 Å². The molecule has 0 bridgehead atoms. The van der Waals surface area contributed by atoms with Crippen molar-refractivity contribution in [2.75, 3.05) is 0 Å². The zero-order valence-corrected chi connectivity index (χ0v) is 13.7. The molecule has 0 radical (unpaired) electrons. The van der Waals surface area contributed by atoms with Crippen molar-refractivity contribution in [1.82, 2.24) is 0 Å². The summed E-state index contributed by atoms with van der Waals surface area (Å²) < 4.78 is 16.1. The molecule has 1 aromatic heterocycles. The van der Waals surface area contributed by atoms with Crippen LogP contribution in [0.15, 0.2) is 51.7 Å². The molecule has 0 N–H and O–H groups in total. The van der Waals surface area contributed by atoms with Crippen molar-refractivity contribution in [3.63, 3.8) is 0 Å². The van der Waals surface area contributed by atoms with Crippen molar-refractivity contribution in [3.05, 3.63) is 52.9 Å². The molecule has 1 atom stereocenters. The number of ether oxygens (including phenoxy) is 2. The third-order valence-corrected chi connectivity index (χ3v) is 3.59. The molecule has 1 unspecified atom stereocenters. The second-order valence-corrected chi connectivity index (χ2v) is 5.84. The lowest BCUT2D eigenvalue weighted by Crippen LogP contribution is -2.28. The maximum absolute atomic E-state index is 12.1. The van der Waals surface area contributed by atoms with Crippen molar-refractivity contribution >= 4 is 27.7 Å². The predicted octanol–water partition coefficient (Wildman–Crippen LogP) is 3.67. The van der Waals surface area contributed by atoms with Gasteiger partial charge < -0.3 is 13.9 Å². The van der Waals surface area contributed by atoms with E-state index < -0.39 is 17.7 Å². The molecule has 5 nitrogen and oxygen atoms in total. The topological polar surface area (TPSA) is 65.7 Å². The first-order valence-electron chi connectivity index (χ1n) is 7.78. The Labute approximate surface area is 138 Å². The molecule has 2 aromatic carbocycles. The van der Waals surface area contributed by atoms with E-state index in [1.165, 1.54) is 0 Å². The fourth-order valence-electron chi connectivity index (χ4n) is 2.51. The second kappa shape index (κ2) is 6.35. The van der Waals surface area contributed by atoms with E-state index >= 15 is 0 Å². The van der Waals surface area contributed by atoms with Gasteiger partial charge in [0.05, 0.1) is 11.5 Å². The van der Waals surface area contributed by atoms with Crippen LogP contribution in [0.1, 0.15) is 20.8 Å². The summed E-state index contributed by atoms with van der Waals surface area (Å²) in [5.74, 6) is -0.000742.